The lowest BCUT2D eigenvalue weighted by Crippen LogP contribution is -2.43. The van der Waals surface area contributed by atoms with Gasteiger partial charge in [0.25, 0.3) is 0 Å². The van der Waals surface area contributed by atoms with E-state index in [9.17, 15) is 13.2 Å². The highest BCUT2D eigenvalue weighted by Crippen LogP contribution is 2.61. The lowest BCUT2D eigenvalue weighted by molar-refractivity contribution is -0.0530. The van der Waals surface area contributed by atoms with Gasteiger partial charge in [-0.1, -0.05) is 0 Å². The summed E-state index contributed by atoms with van der Waals surface area (Å²) in [7, 11) is -4.78. The van der Waals surface area contributed by atoms with Crippen LogP contribution in [0.15, 0.2) is 4.42 Å². The summed E-state index contributed by atoms with van der Waals surface area (Å²) in [5.74, 6) is 1.05. The predicted octanol–water partition coefficient (Wildman–Crippen LogP) is 0.340. The quantitative estimate of drug-likeness (QED) is 0.699. The topological polar surface area (TPSA) is 152 Å². The SMILES string of the molecule is NC1CC(c2nnc([C@@H]3CC4(CC4)[C@@H]4CN3C(=O)N4OS(=O)(=O)O)o2)C1. The molecule has 3 heterocycles. The van der Waals surface area contributed by atoms with Gasteiger partial charge in [0.15, 0.2) is 0 Å². The fourth-order valence-corrected chi connectivity index (χ4v) is 4.82. The van der Waals surface area contributed by atoms with Gasteiger partial charge in [0.05, 0.1) is 6.04 Å². The zero-order chi connectivity index (χ0) is 18.3. The summed E-state index contributed by atoms with van der Waals surface area (Å²) in [6, 6.07) is -1.30. The van der Waals surface area contributed by atoms with Crippen molar-refractivity contribution in [1.29, 1.82) is 0 Å². The molecule has 0 radical (unpaired) electrons. The number of carbonyl (C=O) groups is 1. The first-order chi connectivity index (χ1) is 12.3. The smallest absolute Gasteiger partial charge is 0.418 e. The largest absolute Gasteiger partial charge is 0.423 e. The molecule has 4 fully saturated rings. The van der Waals surface area contributed by atoms with Crippen molar-refractivity contribution >= 4 is 16.4 Å². The van der Waals surface area contributed by atoms with Crippen molar-refractivity contribution in [2.45, 2.75) is 56.1 Å². The number of piperidine rings is 1. The Hall–Kier alpha value is -1.76. The number of amides is 2. The molecule has 11 nitrogen and oxygen atoms in total. The molecule has 2 amide bonds. The van der Waals surface area contributed by atoms with E-state index in [1.54, 1.807) is 0 Å². The minimum absolute atomic E-state index is 0.158. The van der Waals surface area contributed by atoms with Gasteiger partial charge >= 0.3 is 16.4 Å². The van der Waals surface area contributed by atoms with Crippen molar-refractivity contribution in [3.8, 4) is 0 Å². The number of urea groups is 1. The molecule has 26 heavy (non-hydrogen) atoms. The van der Waals surface area contributed by atoms with E-state index in [0.717, 1.165) is 30.7 Å². The fourth-order valence-electron chi connectivity index (χ4n) is 4.45. The van der Waals surface area contributed by atoms with E-state index < -0.39 is 28.5 Å². The van der Waals surface area contributed by atoms with Crippen LogP contribution in [0.3, 0.4) is 0 Å². The van der Waals surface area contributed by atoms with Crippen LogP contribution in [0, 0.1) is 5.41 Å². The molecule has 2 aliphatic carbocycles. The van der Waals surface area contributed by atoms with Gasteiger partial charge in [-0.15, -0.1) is 14.5 Å². The summed E-state index contributed by atoms with van der Waals surface area (Å²) in [5, 5.41) is 9.03. The van der Waals surface area contributed by atoms with Crippen molar-refractivity contribution in [2.75, 3.05) is 6.54 Å². The van der Waals surface area contributed by atoms with E-state index in [0.29, 0.717) is 24.7 Å². The first-order valence-corrected chi connectivity index (χ1v) is 9.98. The van der Waals surface area contributed by atoms with Gasteiger partial charge < -0.3 is 15.1 Å². The van der Waals surface area contributed by atoms with Gasteiger partial charge in [-0.2, -0.15) is 13.5 Å². The van der Waals surface area contributed by atoms with Crippen molar-refractivity contribution < 1.29 is 26.5 Å². The van der Waals surface area contributed by atoms with Crippen LogP contribution in [0.2, 0.25) is 0 Å². The Morgan fingerprint density at radius 3 is 2.58 bits per heavy atom. The molecule has 2 saturated heterocycles. The molecule has 3 N–H and O–H groups in total. The number of nitrogens with two attached hydrogens (primary N) is 1. The predicted molar refractivity (Wildman–Crippen MR) is 83.6 cm³/mol. The highest BCUT2D eigenvalue weighted by atomic mass is 32.3. The lowest BCUT2D eigenvalue weighted by atomic mass is 9.81. The summed E-state index contributed by atoms with van der Waals surface area (Å²) in [4.78, 5) is 14.1. The van der Waals surface area contributed by atoms with Crippen LogP contribution in [0.1, 0.15) is 55.8 Å². The monoisotopic (exact) mass is 385 g/mol. The molecule has 5 rings (SSSR count). The third kappa shape index (κ3) is 2.43. The van der Waals surface area contributed by atoms with Crippen LogP contribution in [-0.2, 0) is 14.7 Å². The van der Waals surface area contributed by atoms with Crippen LogP contribution in [0.5, 0.6) is 0 Å². The molecular formula is C14H19N5O6S. The molecule has 1 aromatic heterocycles. The minimum atomic E-state index is -4.78. The summed E-state index contributed by atoms with van der Waals surface area (Å²) >= 11 is 0. The van der Waals surface area contributed by atoms with Crippen LogP contribution >= 0.6 is 0 Å². The van der Waals surface area contributed by atoms with E-state index >= 15 is 0 Å². The normalized spacial score (nSPS) is 35.1. The number of carbonyl (C=O) groups excluding carboxylic acids is 1. The number of aromatic nitrogens is 2. The van der Waals surface area contributed by atoms with E-state index in [2.05, 4.69) is 14.5 Å². The molecule has 2 bridgehead atoms. The van der Waals surface area contributed by atoms with Crippen molar-refractivity contribution in [3.63, 3.8) is 0 Å². The Labute approximate surface area is 149 Å². The molecule has 2 aliphatic heterocycles. The van der Waals surface area contributed by atoms with E-state index in [1.807, 2.05) is 0 Å². The second kappa shape index (κ2) is 5.15. The highest BCUT2D eigenvalue weighted by molar-refractivity contribution is 7.80. The number of hydrogen-bond donors (Lipinski definition) is 2. The van der Waals surface area contributed by atoms with E-state index in [1.165, 1.54) is 4.90 Å². The molecule has 1 spiro atoms. The molecule has 142 valence electrons. The molecule has 12 heteroatoms. The Balaban J connectivity index is 1.42. The summed E-state index contributed by atoms with van der Waals surface area (Å²) < 4.78 is 41.6. The molecule has 0 aromatic carbocycles. The number of hydrogen-bond acceptors (Lipinski definition) is 8. The maximum atomic E-state index is 12.7. The zero-order valence-electron chi connectivity index (χ0n) is 13.8. The maximum absolute atomic E-state index is 12.7. The van der Waals surface area contributed by atoms with Gasteiger partial charge in [-0.25, -0.2) is 4.79 Å². The van der Waals surface area contributed by atoms with Crippen molar-refractivity contribution in [2.24, 2.45) is 11.1 Å². The van der Waals surface area contributed by atoms with Gasteiger partial charge in [-0.05, 0) is 37.5 Å². The second-order valence-corrected chi connectivity index (χ2v) is 8.77. The number of hydroxylamine groups is 2. The van der Waals surface area contributed by atoms with E-state index in [4.69, 9.17) is 14.7 Å². The maximum Gasteiger partial charge on any atom is 0.418 e. The van der Waals surface area contributed by atoms with Crippen LogP contribution in [0.25, 0.3) is 0 Å². The number of rotatable bonds is 4. The van der Waals surface area contributed by atoms with Gasteiger partial charge in [-0.3, -0.25) is 4.55 Å². The third-order valence-electron chi connectivity index (χ3n) is 6.10. The fraction of sp³-hybridized carbons (Fsp3) is 0.786. The highest BCUT2D eigenvalue weighted by Gasteiger charge is 2.65. The third-order valence-corrected chi connectivity index (χ3v) is 6.45. The summed E-state index contributed by atoms with van der Waals surface area (Å²) in [5.41, 5.74) is 5.56. The van der Waals surface area contributed by atoms with Crippen molar-refractivity contribution in [1.82, 2.24) is 20.2 Å². The summed E-state index contributed by atoms with van der Waals surface area (Å²) in [6.45, 7) is 0.297. The summed E-state index contributed by atoms with van der Waals surface area (Å²) in [6.07, 6.45) is 3.90. The average Bonchev–Trinajstić information content (AvgIpc) is 3.02. The first-order valence-electron chi connectivity index (χ1n) is 8.61. The second-order valence-electron chi connectivity index (χ2n) is 7.77. The minimum Gasteiger partial charge on any atom is -0.423 e. The molecule has 2 saturated carbocycles. The van der Waals surface area contributed by atoms with Crippen LogP contribution in [0.4, 0.5) is 4.79 Å². The average molecular weight is 385 g/mol. The van der Waals surface area contributed by atoms with Gasteiger partial charge in [0.2, 0.25) is 11.8 Å². The number of nitrogens with zero attached hydrogens (tertiary/aromatic N) is 4. The van der Waals surface area contributed by atoms with Gasteiger partial charge in [0, 0.05) is 18.5 Å². The molecule has 2 atom stereocenters. The van der Waals surface area contributed by atoms with Gasteiger partial charge in [0.1, 0.15) is 6.04 Å². The molecule has 1 aromatic rings. The van der Waals surface area contributed by atoms with Crippen LogP contribution in [-0.4, -0.2) is 57.8 Å². The Morgan fingerprint density at radius 1 is 1.27 bits per heavy atom. The Kier molecular flexibility index (Phi) is 3.25. The van der Waals surface area contributed by atoms with Crippen LogP contribution < -0.4 is 5.73 Å². The zero-order valence-corrected chi connectivity index (χ0v) is 14.6. The Morgan fingerprint density at radius 2 is 1.96 bits per heavy atom. The number of fused-ring (bicyclic) bond motifs is 3. The standard InChI is InChI=1S/C14H19N5O6S/c15-8-3-7(4-8)11-16-17-12(24-11)9-5-14(1-2-14)10-6-18(9)13(20)19(10)25-26(21,22)23/h7-10H,1-6,15H2,(H,21,22,23)/t7?,8?,9-,10-/m0/s1. The Bertz CT molecular complexity index is 861. The molecular weight excluding hydrogens is 366 g/mol. The lowest BCUT2D eigenvalue weighted by Gasteiger charge is -2.34. The molecule has 4 aliphatic rings. The van der Waals surface area contributed by atoms with Crippen molar-refractivity contribution in [3.05, 3.63) is 11.8 Å². The first kappa shape index (κ1) is 16.4. The van der Waals surface area contributed by atoms with E-state index in [-0.39, 0.29) is 17.4 Å². The molecule has 0 unspecified atom stereocenters.